The van der Waals surface area contributed by atoms with E-state index in [-0.39, 0.29) is 6.42 Å². The molecule has 1 fully saturated rings. The van der Waals surface area contributed by atoms with Crippen molar-refractivity contribution in [1.29, 1.82) is 0 Å². The Kier molecular flexibility index (Phi) is 5.18. The zero-order chi connectivity index (χ0) is 20.3. The minimum Gasteiger partial charge on any atom is -0.497 e. The van der Waals surface area contributed by atoms with Gasteiger partial charge in [-0.1, -0.05) is 42.5 Å². The number of methoxy groups -OCH3 is 1. The lowest BCUT2D eigenvalue weighted by Gasteiger charge is -2.21. The molecule has 0 amide bonds. The van der Waals surface area contributed by atoms with Gasteiger partial charge in [0.1, 0.15) is 18.0 Å². The summed E-state index contributed by atoms with van der Waals surface area (Å²) in [7, 11) is 1.60. The molecule has 2 aliphatic rings. The minimum absolute atomic E-state index is 0.233. The molecule has 0 radical (unpaired) electrons. The first-order chi connectivity index (χ1) is 14.1. The van der Waals surface area contributed by atoms with Crippen LogP contribution in [0.1, 0.15) is 23.7 Å². The SMILES string of the molecule is COc1ccc(/C=C/C(=O)O[C@H]2C[C@@]3(C=CC(=O)O3)O[C@@H]2c2ccccc2)cc1. The van der Waals surface area contributed by atoms with E-state index in [1.807, 2.05) is 54.6 Å². The van der Waals surface area contributed by atoms with Crippen molar-refractivity contribution in [3.8, 4) is 5.75 Å². The second-order valence-electron chi connectivity index (χ2n) is 6.80. The zero-order valence-electron chi connectivity index (χ0n) is 15.8. The number of hydrogen-bond donors (Lipinski definition) is 0. The summed E-state index contributed by atoms with van der Waals surface area (Å²) < 4.78 is 22.1. The van der Waals surface area contributed by atoms with E-state index < -0.39 is 29.9 Å². The summed E-state index contributed by atoms with van der Waals surface area (Å²) in [5.74, 6) is -1.42. The number of hydrogen-bond acceptors (Lipinski definition) is 6. The molecule has 3 atom stereocenters. The highest BCUT2D eigenvalue weighted by atomic mass is 16.7. The molecule has 2 heterocycles. The molecular weight excluding hydrogens is 372 g/mol. The van der Waals surface area contributed by atoms with Crippen molar-refractivity contribution < 1.29 is 28.5 Å². The maximum atomic E-state index is 12.4. The van der Waals surface area contributed by atoms with Gasteiger partial charge in [0.2, 0.25) is 5.79 Å². The van der Waals surface area contributed by atoms with Gasteiger partial charge in [0.15, 0.2) is 0 Å². The highest BCUT2D eigenvalue weighted by Gasteiger charge is 2.52. The van der Waals surface area contributed by atoms with Gasteiger partial charge in [0.05, 0.1) is 13.5 Å². The van der Waals surface area contributed by atoms with Gasteiger partial charge < -0.3 is 18.9 Å². The molecule has 2 aromatic carbocycles. The highest BCUT2D eigenvalue weighted by Crippen LogP contribution is 2.44. The fourth-order valence-electron chi connectivity index (χ4n) is 3.43. The van der Waals surface area contributed by atoms with Crippen LogP contribution in [0.15, 0.2) is 72.8 Å². The second-order valence-corrected chi connectivity index (χ2v) is 6.80. The Morgan fingerprint density at radius 1 is 1.14 bits per heavy atom. The third-order valence-electron chi connectivity index (χ3n) is 4.82. The molecule has 1 spiro atoms. The zero-order valence-corrected chi connectivity index (χ0v) is 15.8. The molecule has 0 aliphatic carbocycles. The number of benzene rings is 2. The summed E-state index contributed by atoms with van der Waals surface area (Å²) in [4.78, 5) is 24.0. The van der Waals surface area contributed by atoms with Crippen molar-refractivity contribution in [2.45, 2.75) is 24.4 Å². The molecule has 2 aliphatic heterocycles. The number of carbonyl (C=O) groups is 2. The molecular formula is C23H20O6. The Labute approximate surface area is 168 Å². The third-order valence-corrected chi connectivity index (χ3v) is 4.82. The van der Waals surface area contributed by atoms with E-state index in [9.17, 15) is 9.59 Å². The number of rotatable bonds is 5. The van der Waals surface area contributed by atoms with Gasteiger partial charge in [-0.25, -0.2) is 9.59 Å². The molecule has 1 saturated heterocycles. The lowest BCUT2D eigenvalue weighted by Crippen LogP contribution is -2.27. The standard InChI is InChI=1S/C23H20O6/c1-26-18-10-7-16(8-11-18)9-12-20(24)27-19-15-23(14-13-21(25)28-23)29-22(19)17-5-3-2-4-6-17/h2-14,19,22H,15H2,1H3/b12-9+/t19-,22+,23+/m0/s1. The second kappa shape index (κ2) is 7.93. The summed E-state index contributed by atoms with van der Waals surface area (Å²) in [6, 6.07) is 16.7. The van der Waals surface area contributed by atoms with Crippen LogP contribution in [-0.4, -0.2) is 30.9 Å². The molecule has 148 valence electrons. The van der Waals surface area contributed by atoms with Crippen LogP contribution in [0, 0.1) is 0 Å². The van der Waals surface area contributed by atoms with Gasteiger partial charge in [-0.05, 0) is 35.4 Å². The molecule has 0 bridgehead atoms. The molecule has 29 heavy (non-hydrogen) atoms. The fraction of sp³-hybridized carbons (Fsp3) is 0.217. The van der Waals surface area contributed by atoms with Crippen LogP contribution in [0.3, 0.4) is 0 Å². The summed E-state index contributed by atoms with van der Waals surface area (Å²) in [6.45, 7) is 0. The number of esters is 2. The van der Waals surface area contributed by atoms with Gasteiger partial charge in [0.25, 0.3) is 0 Å². The van der Waals surface area contributed by atoms with Crippen LogP contribution in [0.5, 0.6) is 5.75 Å². The summed E-state index contributed by atoms with van der Waals surface area (Å²) in [5.41, 5.74) is 1.69. The van der Waals surface area contributed by atoms with E-state index in [1.165, 1.54) is 12.2 Å². The lowest BCUT2D eigenvalue weighted by molar-refractivity contribution is -0.193. The van der Waals surface area contributed by atoms with Crippen LogP contribution in [0.25, 0.3) is 6.08 Å². The first-order valence-corrected chi connectivity index (χ1v) is 9.25. The maximum absolute atomic E-state index is 12.4. The Balaban J connectivity index is 1.48. The molecule has 4 rings (SSSR count). The molecule has 0 unspecified atom stereocenters. The summed E-state index contributed by atoms with van der Waals surface area (Å²) in [5, 5.41) is 0. The van der Waals surface area contributed by atoms with E-state index >= 15 is 0 Å². The predicted octanol–water partition coefficient (Wildman–Crippen LogP) is 3.59. The van der Waals surface area contributed by atoms with Gasteiger partial charge in [-0.3, -0.25) is 0 Å². The molecule has 6 nitrogen and oxygen atoms in total. The number of ether oxygens (including phenoxy) is 4. The maximum Gasteiger partial charge on any atom is 0.333 e. The Hall–Kier alpha value is -3.38. The van der Waals surface area contributed by atoms with E-state index in [2.05, 4.69) is 0 Å². The normalized spacial score (nSPS) is 25.5. The van der Waals surface area contributed by atoms with E-state index in [0.717, 1.165) is 16.9 Å². The van der Waals surface area contributed by atoms with Crippen molar-refractivity contribution in [3.63, 3.8) is 0 Å². The predicted molar refractivity (Wildman–Crippen MR) is 105 cm³/mol. The van der Waals surface area contributed by atoms with Gasteiger partial charge in [0, 0.05) is 12.2 Å². The highest BCUT2D eigenvalue weighted by molar-refractivity contribution is 5.87. The van der Waals surface area contributed by atoms with Gasteiger partial charge >= 0.3 is 11.9 Å². The first-order valence-electron chi connectivity index (χ1n) is 9.25. The van der Waals surface area contributed by atoms with Gasteiger partial charge in [-0.2, -0.15) is 0 Å². The monoisotopic (exact) mass is 392 g/mol. The summed E-state index contributed by atoms with van der Waals surface area (Å²) >= 11 is 0. The molecule has 0 aromatic heterocycles. The smallest absolute Gasteiger partial charge is 0.333 e. The van der Waals surface area contributed by atoms with Crippen molar-refractivity contribution in [2.75, 3.05) is 7.11 Å². The van der Waals surface area contributed by atoms with Gasteiger partial charge in [-0.15, -0.1) is 0 Å². The van der Waals surface area contributed by atoms with Crippen LogP contribution in [-0.2, 0) is 23.8 Å². The van der Waals surface area contributed by atoms with Crippen molar-refractivity contribution in [3.05, 3.63) is 84.0 Å². The molecule has 6 heteroatoms. The van der Waals surface area contributed by atoms with Crippen molar-refractivity contribution in [2.24, 2.45) is 0 Å². The average Bonchev–Trinajstić information content (AvgIpc) is 3.29. The average molecular weight is 392 g/mol. The molecule has 2 aromatic rings. The lowest BCUT2D eigenvalue weighted by atomic mass is 10.0. The summed E-state index contributed by atoms with van der Waals surface area (Å²) in [6.07, 6.45) is 5.04. The van der Waals surface area contributed by atoms with Crippen LogP contribution in [0.4, 0.5) is 0 Å². The van der Waals surface area contributed by atoms with E-state index in [1.54, 1.807) is 19.3 Å². The Morgan fingerprint density at radius 3 is 2.55 bits per heavy atom. The first kappa shape index (κ1) is 19.0. The fourth-order valence-corrected chi connectivity index (χ4v) is 3.43. The quantitative estimate of drug-likeness (QED) is 0.572. The van der Waals surface area contributed by atoms with E-state index in [0.29, 0.717) is 0 Å². The number of carbonyl (C=O) groups excluding carboxylic acids is 2. The molecule has 0 saturated carbocycles. The van der Waals surface area contributed by atoms with Crippen molar-refractivity contribution in [1.82, 2.24) is 0 Å². The Morgan fingerprint density at radius 2 is 1.90 bits per heavy atom. The topological polar surface area (TPSA) is 71.1 Å². The third kappa shape index (κ3) is 4.22. The largest absolute Gasteiger partial charge is 0.497 e. The minimum atomic E-state index is -1.19. The Bertz CT molecular complexity index is 947. The van der Waals surface area contributed by atoms with Crippen LogP contribution >= 0.6 is 0 Å². The molecule has 0 N–H and O–H groups in total. The van der Waals surface area contributed by atoms with Crippen LogP contribution in [0.2, 0.25) is 0 Å². The van der Waals surface area contributed by atoms with Crippen molar-refractivity contribution >= 4 is 18.0 Å². The van der Waals surface area contributed by atoms with Crippen LogP contribution < -0.4 is 4.74 Å². The van der Waals surface area contributed by atoms with E-state index in [4.69, 9.17) is 18.9 Å².